The van der Waals surface area contributed by atoms with E-state index in [9.17, 15) is 18.1 Å². The zero-order chi connectivity index (χ0) is 20.4. The molecule has 0 aromatic rings. The second-order valence-electron chi connectivity index (χ2n) is 8.18. The minimum absolute atomic E-state index is 0. The maximum Gasteiger partial charge on any atom is 1.00 e. The molecule has 6 heteroatoms. The summed E-state index contributed by atoms with van der Waals surface area (Å²) in [4.78, 5) is 0. The van der Waals surface area contributed by atoms with Crippen LogP contribution in [0.25, 0.3) is 0 Å². The van der Waals surface area contributed by atoms with Gasteiger partial charge in [0.25, 0.3) is 0 Å². The van der Waals surface area contributed by atoms with Gasteiger partial charge in [-0.25, -0.2) is 8.42 Å². The van der Waals surface area contributed by atoms with E-state index < -0.39 is 21.5 Å². The van der Waals surface area contributed by atoms with Crippen LogP contribution in [0.3, 0.4) is 0 Å². The van der Waals surface area contributed by atoms with Crippen molar-refractivity contribution in [3.8, 4) is 0 Å². The Balaban J connectivity index is 0. The molecule has 0 rings (SSSR count). The summed E-state index contributed by atoms with van der Waals surface area (Å²) in [5.74, 6) is 0. The van der Waals surface area contributed by atoms with Crippen LogP contribution in [0.2, 0.25) is 0 Å². The normalized spacial score (nSPS) is 13.9. The van der Waals surface area contributed by atoms with E-state index in [0.29, 0.717) is 12.8 Å². The summed E-state index contributed by atoms with van der Waals surface area (Å²) < 4.78 is 34.5. The van der Waals surface area contributed by atoms with E-state index in [1.807, 2.05) is 0 Å². The SMILES string of the molecule is CCCCCCCCCCCC(O)CC(CCCCCCCC)S(=O)(=O)[O-].[Na+]. The van der Waals surface area contributed by atoms with Gasteiger partial charge in [-0.1, -0.05) is 110 Å². The molecule has 0 aromatic carbocycles. The first-order valence-corrected chi connectivity index (χ1v) is 13.0. The van der Waals surface area contributed by atoms with Gasteiger partial charge in [-0.15, -0.1) is 0 Å². The van der Waals surface area contributed by atoms with Gasteiger partial charge >= 0.3 is 29.6 Å². The number of rotatable bonds is 20. The van der Waals surface area contributed by atoms with Gasteiger partial charge in [-0.2, -0.15) is 0 Å². The Hall–Kier alpha value is 0.870. The Morgan fingerprint density at radius 2 is 1.04 bits per heavy atom. The van der Waals surface area contributed by atoms with Crippen molar-refractivity contribution in [2.75, 3.05) is 0 Å². The van der Waals surface area contributed by atoms with E-state index in [0.717, 1.165) is 32.1 Å². The van der Waals surface area contributed by atoms with E-state index in [2.05, 4.69) is 13.8 Å². The fourth-order valence-corrected chi connectivity index (χ4v) is 4.56. The summed E-state index contributed by atoms with van der Waals surface area (Å²) in [6, 6.07) is 0. The van der Waals surface area contributed by atoms with Crippen molar-refractivity contribution in [1.29, 1.82) is 0 Å². The molecule has 0 aliphatic carbocycles. The smallest absolute Gasteiger partial charge is 0.748 e. The third-order valence-electron chi connectivity index (χ3n) is 5.46. The molecular formula is C22H45NaO4S. The molecule has 0 saturated heterocycles. The second kappa shape index (κ2) is 21.1. The van der Waals surface area contributed by atoms with Crippen LogP contribution in [0.1, 0.15) is 129 Å². The topological polar surface area (TPSA) is 77.4 Å². The second-order valence-corrected chi connectivity index (χ2v) is 9.83. The van der Waals surface area contributed by atoms with Gasteiger partial charge in [0.2, 0.25) is 0 Å². The Kier molecular flexibility index (Phi) is 23.4. The zero-order valence-corrected chi connectivity index (χ0v) is 21.8. The van der Waals surface area contributed by atoms with Crippen LogP contribution in [0.4, 0.5) is 0 Å². The minimum atomic E-state index is -4.32. The van der Waals surface area contributed by atoms with Crippen LogP contribution in [0.5, 0.6) is 0 Å². The number of hydrogen-bond donors (Lipinski definition) is 1. The van der Waals surface area contributed by atoms with Crippen LogP contribution < -0.4 is 29.6 Å². The molecule has 0 amide bonds. The summed E-state index contributed by atoms with van der Waals surface area (Å²) in [7, 11) is -4.32. The molecule has 0 aliphatic heterocycles. The van der Waals surface area contributed by atoms with Crippen LogP contribution in [0.15, 0.2) is 0 Å². The predicted molar refractivity (Wildman–Crippen MR) is 114 cm³/mol. The van der Waals surface area contributed by atoms with E-state index >= 15 is 0 Å². The summed E-state index contributed by atoms with van der Waals surface area (Å²) in [5, 5.41) is 9.23. The fraction of sp³-hybridized carbons (Fsp3) is 1.00. The average molecular weight is 429 g/mol. The molecule has 4 nitrogen and oxygen atoms in total. The largest absolute Gasteiger partial charge is 1.00 e. The number of hydrogen-bond acceptors (Lipinski definition) is 4. The van der Waals surface area contributed by atoms with Crippen molar-refractivity contribution in [2.24, 2.45) is 0 Å². The van der Waals surface area contributed by atoms with Gasteiger partial charge in [0.05, 0.1) is 21.5 Å². The van der Waals surface area contributed by atoms with E-state index in [1.165, 1.54) is 64.2 Å². The van der Waals surface area contributed by atoms with Crippen molar-refractivity contribution in [2.45, 2.75) is 141 Å². The van der Waals surface area contributed by atoms with Gasteiger partial charge in [0.15, 0.2) is 0 Å². The molecule has 0 bridgehead atoms. The first-order chi connectivity index (χ1) is 12.9. The summed E-state index contributed by atoms with van der Waals surface area (Å²) in [6.07, 6.45) is 17.8. The molecule has 0 saturated carbocycles. The molecule has 1 N–H and O–H groups in total. The van der Waals surface area contributed by atoms with Crippen molar-refractivity contribution in [3.05, 3.63) is 0 Å². The Morgan fingerprint density at radius 1 is 0.679 bits per heavy atom. The molecule has 0 spiro atoms. The molecular weight excluding hydrogens is 383 g/mol. The number of aliphatic hydroxyl groups excluding tert-OH is 1. The van der Waals surface area contributed by atoms with Crippen molar-refractivity contribution in [3.63, 3.8) is 0 Å². The first kappa shape index (κ1) is 31.1. The van der Waals surface area contributed by atoms with Gasteiger partial charge < -0.3 is 9.66 Å². The monoisotopic (exact) mass is 428 g/mol. The standard InChI is InChI=1S/C22H46O4S.Na/c1-3-5-7-9-11-12-13-14-16-18-21(23)20-22(27(24,25)26)19-17-15-10-8-6-4-2;/h21-23H,3-20H2,1-2H3,(H,24,25,26);/q;+1/p-1. The summed E-state index contributed by atoms with van der Waals surface area (Å²) >= 11 is 0. The van der Waals surface area contributed by atoms with Gasteiger partial charge in [-0.3, -0.25) is 0 Å². The average Bonchev–Trinajstić information content (AvgIpc) is 2.61. The first-order valence-electron chi connectivity index (χ1n) is 11.5. The Bertz CT molecular complexity index is 415. The Morgan fingerprint density at radius 3 is 1.43 bits per heavy atom. The zero-order valence-electron chi connectivity index (χ0n) is 19.0. The third kappa shape index (κ3) is 20.2. The third-order valence-corrected chi connectivity index (χ3v) is 6.71. The van der Waals surface area contributed by atoms with Gasteiger partial charge in [0, 0.05) is 0 Å². The molecule has 0 aromatic heterocycles. The minimum Gasteiger partial charge on any atom is -0.748 e. The summed E-state index contributed by atoms with van der Waals surface area (Å²) in [6.45, 7) is 4.39. The number of aliphatic hydroxyl groups is 1. The van der Waals surface area contributed by atoms with Crippen LogP contribution >= 0.6 is 0 Å². The fourth-order valence-electron chi connectivity index (χ4n) is 3.64. The van der Waals surface area contributed by atoms with Crippen molar-refractivity contribution >= 4 is 10.1 Å². The van der Waals surface area contributed by atoms with E-state index in [4.69, 9.17) is 0 Å². The molecule has 0 radical (unpaired) electrons. The van der Waals surface area contributed by atoms with Gasteiger partial charge in [-0.05, 0) is 19.3 Å². The molecule has 28 heavy (non-hydrogen) atoms. The molecule has 0 heterocycles. The van der Waals surface area contributed by atoms with Crippen LogP contribution in [-0.4, -0.2) is 29.4 Å². The number of unbranched alkanes of at least 4 members (excludes halogenated alkanes) is 13. The summed E-state index contributed by atoms with van der Waals surface area (Å²) in [5.41, 5.74) is 0. The van der Waals surface area contributed by atoms with E-state index in [-0.39, 0.29) is 36.0 Å². The predicted octanol–water partition coefficient (Wildman–Crippen LogP) is 3.33. The molecule has 0 aliphatic rings. The maximum atomic E-state index is 11.5. The Labute approximate surface area is 197 Å². The molecule has 2 unspecified atom stereocenters. The van der Waals surface area contributed by atoms with Crippen molar-refractivity contribution < 1.29 is 47.6 Å². The molecule has 2 atom stereocenters. The van der Waals surface area contributed by atoms with Crippen LogP contribution in [-0.2, 0) is 10.1 Å². The maximum absolute atomic E-state index is 11.5. The van der Waals surface area contributed by atoms with Crippen molar-refractivity contribution in [1.82, 2.24) is 0 Å². The van der Waals surface area contributed by atoms with E-state index in [1.54, 1.807) is 0 Å². The molecule has 0 fully saturated rings. The quantitative estimate of drug-likeness (QED) is 0.183. The van der Waals surface area contributed by atoms with Gasteiger partial charge in [0.1, 0.15) is 0 Å². The van der Waals surface area contributed by atoms with Crippen LogP contribution in [0, 0.1) is 0 Å². The molecule has 164 valence electrons.